The van der Waals surface area contributed by atoms with Gasteiger partial charge in [-0.3, -0.25) is 4.79 Å². The minimum Gasteiger partial charge on any atom is -0.381 e. The van der Waals surface area contributed by atoms with Crippen molar-refractivity contribution in [3.05, 3.63) is 0 Å². The maximum absolute atomic E-state index is 11.8. The Morgan fingerprint density at radius 2 is 2.06 bits per heavy atom. The summed E-state index contributed by atoms with van der Waals surface area (Å²) in [7, 11) is 0. The SMILES string of the molecule is CCOCC(C)C1CCC(C(C)=O)C1(C)CC. The summed E-state index contributed by atoms with van der Waals surface area (Å²) in [5.41, 5.74) is 0.183. The van der Waals surface area contributed by atoms with Crippen LogP contribution in [0.25, 0.3) is 0 Å². The van der Waals surface area contributed by atoms with E-state index in [4.69, 9.17) is 4.74 Å². The standard InChI is InChI=1S/C15H28O2/c1-6-15(5)13(11(3)10-17-7-2)8-9-14(15)12(4)16/h11,13-14H,6-10H2,1-5H3. The summed E-state index contributed by atoms with van der Waals surface area (Å²) in [5, 5.41) is 0. The van der Waals surface area contributed by atoms with Crippen LogP contribution in [0.1, 0.15) is 53.9 Å². The molecule has 0 bridgehead atoms. The fourth-order valence-corrected chi connectivity index (χ4v) is 3.79. The summed E-state index contributed by atoms with van der Waals surface area (Å²) in [5.74, 6) is 1.83. The van der Waals surface area contributed by atoms with Crippen LogP contribution in [0.15, 0.2) is 0 Å². The van der Waals surface area contributed by atoms with Gasteiger partial charge in [0.05, 0.1) is 0 Å². The number of hydrogen-bond donors (Lipinski definition) is 0. The van der Waals surface area contributed by atoms with Gasteiger partial charge in [0.2, 0.25) is 0 Å². The van der Waals surface area contributed by atoms with E-state index in [9.17, 15) is 4.79 Å². The third-order valence-electron chi connectivity index (χ3n) is 4.93. The Morgan fingerprint density at radius 1 is 1.41 bits per heavy atom. The number of ether oxygens (including phenoxy) is 1. The van der Waals surface area contributed by atoms with E-state index < -0.39 is 0 Å². The fraction of sp³-hybridized carbons (Fsp3) is 0.933. The molecular formula is C15H28O2. The molecular weight excluding hydrogens is 212 g/mol. The van der Waals surface area contributed by atoms with Gasteiger partial charge < -0.3 is 4.74 Å². The number of rotatable bonds is 6. The molecule has 100 valence electrons. The molecule has 0 aromatic rings. The van der Waals surface area contributed by atoms with E-state index in [1.165, 1.54) is 6.42 Å². The second-order valence-corrected chi connectivity index (χ2v) is 5.84. The van der Waals surface area contributed by atoms with Crippen molar-refractivity contribution >= 4 is 5.78 Å². The normalized spacial score (nSPS) is 34.9. The van der Waals surface area contributed by atoms with Crippen molar-refractivity contribution in [1.29, 1.82) is 0 Å². The molecule has 2 nitrogen and oxygen atoms in total. The predicted octanol–water partition coefficient (Wildman–Crippen LogP) is 3.69. The van der Waals surface area contributed by atoms with Crippen LogP contribution in [0.4, 0.5) is 0 Å². The van der Waals surface area contributed by atoms with Gasteiger partial charge in [0.1, 0.15) is 5.78 Å². The molecule has 2 heteroatoms. The smallest absolute Gasteiger partial charge is 0.133 e. The highest BCUT2D eigenvalue weighted by atomic mass is 16.5. The average Bonchev–Trinajstić information content (AvgIpc) is 2.64. The predicted molar refractivity (Wildman–Crippen MR) is 71.0 cm³/mol. The maximum Gasteiger partial charge on any atom is 0.133 e. The number of ketones is 1. The van der Waals surface area contributed by atoms with Gasteiger partial charge in [-0.2, -0.15) is 0 Å². The van der Waals surface area contributed by atoms with Gasteiger partial charge in [-0.25, -0.2) is 0 Å². The van der Waals surface area contributed by atoms with Crippen molar-refractivity contribution in [2.24, 2.45) is 23.2 Å². The molecule has 0 radical (unpaired) electrons. The highest BCUT2D eigenvalue weighted by molar-refractivity contribution is 5.79. The minimum absolute atomic E-state index is 0.183. The Labute approximate surface area is 106 Å². The Kier molecular flexibility index (Phi) is 5.18. The van der Waals surface area contributed by atoms with Crippen molar-refractivity contribution in [2.75, 3.05) is 13.2 Å². The fourth-order valence-electron chi connectivity index (χ4n) is 3.79. The first kappa shape index (κ1) is 14.7. The second-order valence-electron chi connectivity index (χ2n) is 5.84. The molecule has 1 aliphatic carbocycles. The van der Waals surface area contributed by atoms with Gasteiger partial charge in [-0.15, -0.1) is 0 Å². The van der Waals surface area contributed by atoms with Crippen molar-refractivity contribution in [3.8, 4) is 0 Å². The van der Waals surface area contributed by atoms with Crippen LogP contribution in [-0.4, -0.2) is 19.0 Å². The molecule has 0 heterocycles. The van der Waals surface area contributed by atoms with Gasteiger partial charge in [0.15, 0.2) is 0 Å². The molecule has 0 amide bonds. The summed E-state index contributed by atoms with van der Waals surface area (Å²) in [6.07, 6.45) is 3.35. The summed E-state index contributed by atoms with van der Waals surface area (Å²) in [6.45, 7) is 12.2. The van der Waals surface area contributed by atoms with Gasteiger partial charge in [0, 0.05) is 19.1 Å². The molecule has 0 saturated heterocycles. The summed E-state index contributed by atoms with van der Waals surface area (Å²) >= 11 is 0. The van der Waals surface area contributed by atoms with Crippen molar-refractivity contribution in [3.63, 3.8) is 0 Å². The molecule has 1 aliphatic rings. The lowest BCUT2D eigenvalue weighted by atomic mass is 9.67. The molecule has 1 rings (SSSR count). The zero-order valence-electron chi connectivity index (χ0n) is 12.1. The van der Waals surface area contributed by atoms with Gasteiger partial charge in [-0.1, -0.05) is 20.8 Å². The lowest BCUT2D eigenvalue weighted by Crippen LogP contribution is -2.36. The molecule has 0 spiro atoms. The van der Waals surface area contributed by atoms with E-state index in [0.29, 0.717) is 17.6 Å². The lowest BCUT2D eigenvalue weighted by Gasteiger charge is -2.38. The summed E-state index contributed by atoms with van der Waals surface area (Å²) in [4.78, 5) is 11.8. The quantitative estimate of drug-likeness (QED) is 0.707. The van der Waals surface area contributed by atoms with E-state index >= 15 is 0 Å². The average molecular weight is 240 g/mol. The molecule has 4 atom stereocenters. The zero-order chi connectivity index (χ0) is 13.1. The first-order valence-electron chi connectivity index (χ1n) is 7.05. The van der Waals surface area contributed by atoms with Crippen molar-refractivity contribution in [2.45, 2.75) is 53.9 Å². The van der Waals surface area contributed by atoms with Crippen LogP contribution in [0, 0.1) is 23.2 Å². The molecule has 4 unspecified atom stereocenters. The Hall–Kier alpha value is -0.370. The van der Waals surface area contributed by atoms with E-state index in [-0.39, 0.29) is 11.3 Å². The van der Waals surface area contributed by atoms with E-state index in [2.05, 4.69) is 20.8 Å². The van der Waals surface area contributed by atoms with E-state index in [0.717, 1.165) is 26.1 Å². The molecule has 0 aromatic carbocycles. The van der Waals surface area contributed by atoms with Gasteiger partial charge in [0.25, 0.3) is 0 Å². The molecule has 1 saturated carbocycles. The highest BCUT2D eigenvalue weighted by Crippen LogP contribution is 2.53. The first-order valence-corrected chi connectivity index (χ1v) is 7.05. The van der Waals surface area contributed by atoms with Crippen LogP contribution in [0.5, 0.6) is 0 Å². The number of Topliss-reactive ketones (excluding diaryl/α,β-unsaturated/α-hetero) is 1. The molecule has 0 N–H and O–H groups in total. The third-order valence-corrected chi connectivity index (χ3v) is 4.93. The van der Waals surface area contributed by atoms with E-state index in [1.807, 2.05) is 6.92 Å². The van der Waals surface area contributed by atoms with Gasteiger partial charge >= 0.3 is 0 Å². The molecule has 0 aliphatic heterocycles. The highest BCUT2D eigenvalue weighted by Gasteiger charge is 2.48. The number of carbonyl (C=O) groups is 1. The topological polar surface area (TPSA) is 26.3 Å². The first-order chi connectivity index (χ1) is 7.97. The van der Waals surface area contributed by atoms with Crippen LogP contribution in [0.2, 0.25) is 0 Å². The van der Waals surface area contributed by atoms with Crippen molar-refractivity contribution < 1.29 is 9.53 Å². The molecule has 1 fully saturated rings. The maximum atomic E-state index is 11.8. The second kappa shape index (κ2) is 5.99. The number of carbonyl (C=O) groups excluding carboxylic acids is 1. The third kappa shape index (κ3) is 2.90. The molecule has 17 heavy (non-hydrogen) atoms. The van der Waals surface area contributed by atoms with Crippen LogP contribution in [-0.2, 0) is 9.53 Å². The van der Waals surface area contributed by atoms with Crippen LogP contribution < -0.4 is 0 Å². The van der Waals surface area contributed by atoms with E-state index in [1.54, 1.807) is 6.92 Å². The monoisotopic (exact) mass is 240 g/mol. The van der Waals surface area contributed by atoms with Gasteiger partial charge in [-0.05, 0) is 50.4 Å². The summed E-state index contributed by atoms with van der Waals surface area (Å²) < 4.78 is 5.56. The zero-order valence-corrected chi connectivity index (χ0v) is 12.1. The van der Waals surface area contributed by atoms with Crippen LogP contribution >= 0.6 is 0 Å². The largest absolute Gasteiger partial charge is 0.381 e. The Morgan fingerprint density at radius 3 is 2.53 bits per heavy atom. The molecule has 0 aromatic heterocycles. The van der Waals surface area contributed by atoms with Crippen LogP contribution in [0.3, 0.4) is 0 Å². The van der Waals surface area contributed by atoms with Crippen molar-refractivity contribution in [1.82, 2.24) is 0 Å². The minimum atomic E-state index is 0.183. The number of hydrogen-bond acceptors (Lipinski definition) is 2. The summed E-state index contributed by atoms with van der Waals surface area (Å²) in [6, 6.07) is 0. The Bertz CT molecular complexity index is 262. The lowest BCUT2D eigenvalue weighted by molar-refractivity contribution is -0.124. The Balaban J connectivity index is 2.76.